The number of benzene rings is 2. The average molecular weight is 625 g/mol. The Morgan fingerprint density at radius 1 is 0.696 bits per heavy atom. The Hall–Kier alpha value is -4.20. The van der Waals surface area contributed by atoms with Crippen molar-refractivity contribution in [3.8, 4) is 11.5 Å². The quantitative estimate of drug-likeness (QED) is 0.133. The van der Waals surface area contributed by atoms with Crippen LogP contribution in [0.3, 0.4) is 0 Å². The molecule has 2 aromatic heterocycles. The summed E-state index contributed by atoms with van der Waals surface area (Å²) < 4.78 is 4.33. The largest absolute Gasteiger partial charge is 0.507 e. The fraction of sp³-hybridized carbons (Fsp3) is 0.474. The molecule has 4 N–H and O–H groups in total. The number of aliphatic imine (C=N–C) groups is 2. The molecule has 2 atom stereocenters. The molecule has 2 unspecified atom stereocenters. The number of aromatic amines is 2. The maximum Gasteiger partial charge on any atom is 0.251 e. The number of phenols is 2. The summed E-state index contributed by atoms with van der Waals surface area (Å²) in [7, 11) is 0. The third-order valence-electron chi connectivity index (χ3n) is 9.18. The molecular weight excluding hydrogens is 572 g/mol. The number of hydrogen-bond acceptors (Lipinski definition) is 4. The summed E-state index contributed by atoms with van der Waals surface area (Å²) in [6.45, 7) is 18.3. The van der Waals surface area contributed by atoms with Crippen LogP contribution in [0.15, 0.2) is 59.0 Å². The number of aromatic hydroxyl groups is 2. The Bertz CT molecular complexity index is 1600. The Balaban J connectivity index is 1.44. The molecule has 0 aliphatic heterocycles. The number of aryl methyl sites for hydroxylation is 2. The van der Waals surface area contributed by atoms with Gasteiger partial charge in [0, 0.05) is 48.5 Å². The standard InChI is InChI=1S/C38H50N6O2/c1-25-39-13-15-43(25)23-27-17-29(35(45)31(19-27)37(3,4)5)21-41-33-11-9-10-12-34(33)42-22-30-18-28(24-44-16-14-40-26(44)2)20-32(36(30)46)38(6,7)8/h13-22,33-34H,9-12,23-24H2,1-8H3,(H2,41,42,45,46)/p+2. The second-order valence-electron chi connectivity index (χ2n) is 15.0. The normalized spacial score (nSPS) is 17.8. The van der Waals surface area contributed by atoms with Crippen LogP contribution >= 0.6 is 0 Å². The number of phenolic OH excluding ortho intramolecular Hbond substituents is 2. The van der Waals surface area contributed by atoms with Crippen molar-refractivity contribution >= 4 is 12.4 Å². The Labute approximate surface area is 274 Å². The highest BCUT2D eigenvalue weighted by Crippen LogP contribution is 2.36. The summed E-state index contributed by atoms with van der Waals surface area (Å²) in [5, 5.41) is 22.7. The third-order valence-corrected chi connectivity index (χ3v) is 9.18. The monoisotopic (exact) mass is 624 g/mol. The number of nitrogens with one attached hydrogen (secondary N) is 2. The fourth-order valence-electron chi connectivity index (χ4n) is 6.37. The van der Waals surface area contributed by atoms with E-state index in [0.717, 1.165) is 70.7 Å². The third kappa shape index (κ3) is 7.60. The minimum absolute atomic E-state index is 0.00194. The molecule has 8 nitrogen and oxygen atoms in total. The summed E-state index contributed by atoms with van der Waals surface area (Å²) in [5.74, 6) is 2.73. The van der Waals surface area contributed by atoms with E-state index in [-0.39, 0.29) is 22.9 Å². The van der Waals surface area contributed by atoms with Gasteiger partial charge in [0.15, 0.2) is 0 Å². The zero-order valence-electron chi connectivity index (χ0n) is 28.9. The number of hydrogen-bond donors (Lipinski definition) is 4. The first-order valence-electron chi connectivity index (χ1n) is 16.6. The highest BCUT2D eigenvalue weighted by Gasteiger charge is 2.26. The molecule has 244 valence electrons. The SMILES string of the molecule is Cc1[nH]cc[n+]1Cc1cc(C=NC2CCCCC2N=Cc2cc(C[n+]3cc[nH]c3C)cc(C(C)(C)C)c2O)c(O)c(C(C)(C)C)c1. The van der Waals surface area contributed by atoms with Gasteiger partial charge in [-0.15, -0.1) is 0 Å². The van der Waals surface area contributed by atoms with E-state index in [4.69, 9.17) is 9.98 Å². The first kappa shape index (κ1) is 33.2. The number of H-pyrrole nitrogens is 2. The molecule has 0 bridgehead atoms. The summed E-state index contributed by atoms with van der Waals surface area (Å²) in [6, 6.07) is 8.33. The molecule has 0 saturated heterocycles. The van der Waals surface area contributed by atoms with Crippen molar-refractivity contribution in [1.82, 2.24) is 9.97 Å². The minimum Gasteiger partial charge on any atom is -0.507 e. The zero-order valence-corrected chi connectivity index (χ0v) is 28.9. The Morgan fingerprint density at radius 3 is 1.41 bits per heavy atom. The van der Waals surface area contributed by atoms with Gasteiger partial charge in [-0.05, 0) is 59.1 Å². The molecular formula is C38H52N6O2+2. The van der Waals surface area contributed by atoms with E-state index in [0.29, 0.717) is 24.6 Å². The number of imidazole rings is 2. The summed E-state index contributed by atoms with van der Waals surface area (Å²) in [4.78, 5) is 16.6. The van der Waals surface area contributed by atoms with Gasteiger partial charge < -0.3 is 10.2 Å². The smallest absolute Gasteiger partial charge is 0.251 e. The van der Waals surface area contributed by atoms with Gasteiger partial charge in [0.2, 0.25) is 0 Å². The van der Waals surface area contributed by atoms with Gasteiger partial charge in [-0.25, -0.2) is 19.1 Å². The van der Waals surface area contributed by atoms with Crippen LogP contribution in [0.25, 0.3) is 0 Å². The van der Waals surface area contributed by atoms with Gasteiger partial charge in [0.05, 0.1) is 12.1 Å². The number of nitrogens with zero attached hydrogens (tertiary/aromatic N) is 4. The van der Waals surface area contributed by atoms with E-state index >= 15 is 0 Å². The van der Waals surface area contributed by atoms with E-state index in [1.165, 1.54) is 0 Å². The molecule has 0 radical (unpaired) electrons. The van der Waals surface area contributed by atoms with Crippen molar-refractivity contribution in [2.24, 2.45) is 9.98 Å². The lowest BCUT2D eigenvalue weighted by Crippen LogP contribution is -2.35. The molecule has 4 aromatic rings. The fourth-order valence-corrected chi connectivity index (χ4v) is 6.37. The van der Waals surface area contributed by atoms with Crippen LogP contribution in [0.5, 0.6) is 11.5 Å². The number of rotatable bonds is 8. The van der Waals surface area contributed by atoms with Crippen LogP contribution in [0.1, 0.15) is 112 Å². The maximum atomic E-state index is 11.4. The average Bonchev–Trinajstić information content (AvgIpc) is 3.58. The van der Waals surface area contributed by atoms with Crippen molar-refractivity contribution in [2.45, 2.75) is 117 Å². The second-order valence-corrected chi connectivity index (χ2v) is 15.0. The van der Waals surface area contributed by atoms with Gasteiger partial charge in [-0.1, -0.05) is 54.4 Å². The van der Waals surface area contributed by atoms with Crippen LogP contribution in [0.2, 0.25) is 0 Å². The Morgan fingerprint density at radius 2 is 1.09 bits per heavy atom. The zero-order chi connectivity index (χ0) is 33.2. The van der Waals surface area contributed by atoms with Crippen LogP contribution in [-0.2, 0) is 23.9 Å². The van der Waals surface area contributed by atoms with Gasteiger partial charge in [-0.3, -0.25) is 9.98 Å². The van der Waals surface area contributed by atoms with Crippen LogP contribution in [0.4, 0.5) is 0 Å². The van der Waals surface area contributed by atoms with Crippen LogP contribution in [-0.4, -0.2) is 44.7 Å². The number of aromatic nitrogens is 4. The van der Waals surface area contributed by atoms with E-state index < -0.39 is 0 Å². The van der Waals surface area contributed by atoms with E-state index in [1.54, 1.807) is 0 Å². The Kier molecular flexibility index (Phi) is 9.57. The first-order valence-corrected chi connectivity index (χ1v) is 16.6. The van der Waals surface area contributed by atoms with Crippen molar-refractivity contribution in [2.75, 3.05) is 0 Å². The van der Waals surface area contributed by atoms with Gasteiger partial charge >= 0.3 is 0 Å². The van der Waals surface area contributed by atoms with E-state index in [2.05, 4.69) is 98.8 Å². The van der Waals surface area contributed by atoms with Gasteiger partial charge in [-0.2, -0.15) is 0 Å². The second kappa shape index (κ2) is 13.3. The molecule has 1 saturated carbocycles. The summed E-state index contributed by atoms with van der Waals surface area (Å²) >= 11 is 0. The van der Waals surface area contributed by atoms with E-state index in [1.807, 2.05) is 37.2 Å². The molecule has 2 heterocycles. The van der Waals surface area contributed by atoms with Gasteiger partial charge in [0.1, 0.15) is 49.4 Å². The highest BCUT2D eigenvalue weighted by atomic mass is 16.3. The maximum absolute atomic E-state index is 11.4. The lowest BCUT2D eigenvalue weighted by molar-refractivity contribution is -0.693. The van der Waals surface area contributed by atoms with E-state index in [9.17, 15) is 10.2 Å². The molecule has 0 spiro atoms. The highest BCUT2D eigenvalue weighted by molar-refractivity contribution is 5.86. The predicted octanol–water partition coefficient (Wildman–Crippen LogP) is 6.49. The molecule has 8 heteroatoms. The minimum atomic E-state index is -0.223. The predicted molar refractivity (Wildman–Crippen MR) is 184 cm³/mol. The molecule has 5 rings (SSSR count). The first-order chi connectivity index (χ1) is 21.7. The molecule has 2 aromatic carbocycles. The van der Waals surface area contributed by atoms with Crippen molar-refractivity contribution in [3.63, 3.8) is 0 Å². The lowest BCUT2D eigenvalue weighted by atomic mass is 9.84. The van der Waals surface area contributed by atoms with Crippen molar-refractivity contribution in [3.05, 3.63) is 94.1 Å². The van der Waals surface area contributed by atoms with Crippen molar-refractivity contribution < 1.29 is 19.3 Å². The van der Waals surface area contributed by atoms with Crippen molar-refractivity contribution in [1.29, 1.82) is 0 Å². The lowest BCUT2D eigenvalue weighted by Gasteiger charge is -2.26. The summed E-state index contributed by atoms with van der Waals surface area (Å²) in [6.07, 6.45) is 15.7. The topological polar surface area (TPSA) is 105 Å². The van der Waals surface area contributed by atoms with Crippen LogP contribution < -0.4 is 9.13 Å². The summed E-state index contributed by atoms with van der Waals surface area (Å²) in [5.41, 5.74) is 5.09. The molecule has 0 amide bonds. The van der Waals surface area contributed by atoms with Gasteiger partial charge in [0.25, 0.3) is 11.6 Å². The molecule has 1 fully saturated rings. The van der Waals surface area contributed by atoms with Crippen LogP contribution in [0, 0.1) is 13.8 Å². The molecule has 46 heavy (non-hydrogen) atoms. The molecule has 1 aliphatic carbocycles. The molecule has 1 aliphatic rings.